The standard InChI is InChI=1S/C29H27ClF3N3O4/c1-40-24-10-4-8-21(31)25(24)29(39)19-7-2-3-9-23(19)36(28(29)38)15-17-12-18(26(32)33)22(13-20(17)30)35-27(37)16-6-5-11-34-14-16/h2-11,14,17-18,20,22,26,39H,12-13,15H2,1H3,(H,35,37)/t17-,18-,20-,22-,29-/m1/s1. The topological polar surface area (TPSA) is 91.8 Å². The lowest BCUT2D eigenvalue weighted by Crippen LogP contribution is -2.52. The Kier molecular flexibility index (Phi) is 7.74. The molecule has 2 N–H and O–H groups in total. The van der Waals surface area contributed by atoms with Crippen molar-refractivity contribution >= 4 is 29.1 Å². The maximum atomic E-state index is 15.1. The Morgan fingerprint density at radius 2 is 1.98 bits per heavy atom. The van der Waals surface area contributed by atoms with Gasteiger partial charge < -0.3 is 20.1 Å². The zero-order valence-corrected chi connectivity index (χ0v) is 22.2. The van der Waals surface area contributed by atoms with E-state index in [0.717, 1.165) is 6.07 Å². The summed E-state index contributed by atoms with van der Waals surface area (Å²) in [7, 11) is 1.30. The summed E-state index contributed by atoms with van der Waals surface area (Å²) in [4.78, 5) is 31.7. The Morgan fingerprint density at radius 3 is 2.67 bits per heavy atom. The van der Waals surface area contributed by atoms with E-state index in [1.54, 1.807) is 24.3 Å². The van der Waals surface area contributed by atoms with E-state index >= 15 is 4.39 Å². The van der Waals surface area contributed by atoms with Gasteiger partial charge in [0.2, 0.25) is 12.0 Å². The number of aromatic nitrogens is 1. The number of hydrogen-bond donors (Lipinski definition) is 2. The summed E-state index contributed by atoms with van der Waals surface area (Å²) in [6, 6.07) is 12.6. The van der Waals surface area contributed by atoms with Crippen LogP contribution in [-0.4, -0.2) is 53.4 Å². The Labute approximate surface area is 233 Å². The van der Waals surface area contributed by atoms with Crippen LogP contribution in [0.25, 0.3) is 0 Å². The van der Waals surface area contributed by atoms with Crippen LogP contribution in [0, 0.1) is 17.7 Å². The molecule has 11 heteroatoms. The van der Waals surface area contributed by atoms with Crippen molar-refractivity contribution in [2.24, 2.45) is 11.8 Å². The molecule has 5 atom stereocenters. The van der Waals surface area contributed by atoms with Crippen LogP contribution in [0.5, 0.6) is 5.75 Å². The molecule has 1 aliphatic heterocycles. The third-order valence-electron chi connectivity index (χ3n) is 7.76. The van der Waals surface area contributed by atoms with Gasteiger partial charge in [-0.25, -0.2) is 13.2 Å². The highest BCUT2D eigenvalue weighted by Crippen LogP contribution is 2.49. The molecular formula is C29H27ClF3N3O4. The van der Waals surface area contributed by atoms with Gasteiger partial charge in [-0.2, -0.15) is 0 Å². The summed E-state index contributed by atoms with van der Waals surface area (Å²) in [6.07, 6.45) is 0.0463. The molecule has 2 amide bonds. The Morgan fingerprint density at radius 1 is 1.20 bits per heavy atom. The maximum absolute atomic E-state index is 15.1. The third kappa shape index (κ3) is 4.79. The summed E-state index contributed by atoms with van der Waals surface area (Å²) < 4.78 is 48.9. The lowest BCUT2D eigenvalue weighted by molar-refractivity contribution is -0.132. The van der Waals surface area contributed by atoms with Gasteiger partial charge in [-0.3, -0.25) is 14.6 Å². The molecule has 2 aliphatic rings. The van der Waals surface area contributed by atoms with Gasteiger partial charge in [-0.15, -0.1) is 11.6 Å². The van der Waals surface area contributed by atoms with E-state index in [-0.39, 0.29) is 41.8 Å². The number of anilines is 1. The van der Waals surface area contributed by atoms with Crippen LogP contribution in [0.2, 0.25) is 0 Å². The predicted molar refractivity (Wildman–Crippen MR) is 142 cm³/mol. The molecule has 2 aromatic carbocycles. The molecule has 1 saturated carbocycles. The van der Waals surface area contributed by atoms with Crippen molar-refractivity contribution < 1.29 is 32.6 Å². The van der Waals surface area contributed by atoms with Gasteiger partial charge in [0.05, 0.1) is 23.9 Å². The largest absolute Gasteiger partial charge is 0.496 e. The number of para-hydroxylation sites is 1. The van der Waals surface area contributed by atoms with E-state index in [2.05, 4.69) is 10.3 Å². The molecule has 0 unspecified atom stereocenters. The van der Waals surface area contributed by atoms with Gasteiger partial charge in [-0.05, 0) is 49.1 Å². The van der Waals surface area contributed by atoms with Crippen LogP contribution in [0.1, 0.15) is 34.3 Å². The van der Waals surface area contributed by atoms with Crippen LogP contribution < -0.4 is 15.0 Å². The van der Waals surface area contributed by atoms with Crippen molar-refractivity contribution in [2.75, 3.05) is 18.6 Å². The van der Waals surface area contributed by atoms with Gasteiger partial charge >= 0.3 is 0 Å². The number of alkyl halides is 3. The number of ether oxygens (including phenoxy) is 1. The molecule has 3 aromatic rings. The molecule has 7 nitrogen and oxygen atoms in total. The van der Waals surface area contributed by atoms with Gasteiger partial charge in [0.25, 0.3) is 11.8 Å². The molecule has 5 rings (SSSR count). The quantitative estimate of drug-likeness (QED) is 0.406. The Hall–Kier alpha value is -3.63. The fourth-order valence-electron chi connectivity index (χ4n) is 5.77. The highest BCUT2D eigenvalue weighted by molar-refractivity contribution is 6.21. The first kappa shape index (κ1) is 27.9. The van der Waals surface area contributed by atoms with Crippen LogP contribution in [-0.2, 0) is 10.4 Å². The molecular weight excluding hydrogens is 547 g/mol. The fourth-order valence-corrected chi connectivity index (χ4v) is 6.15. The number of nitrogens with zero attached hydrogens (tertiary/aromatic N) is 2. The smallest absolute Gasteiger partial charge is 0.268 e. The first-order valence-corrected chi connectivity index (χ1v) is 13.2. The van der Waals surface area contributed by atoms with Crippen molar-refractivity contribution in [3.05, 3.63) is 89.5 Å². The molecule has 2 heterocycles. The van der Waals surface area contributed by atoms with Gasteiger partial charge in [0.1, 0.15) is 11.6 Å². The minimum atomic E-state index is -2.76. The second kappa shape index (κ2) is 11.1. The second-order valence-corrected chi connectivity index (χ2v) is 10.6. The maximum Gasteiger partial charge on any atom is 0.268 e. The normalized spacial score (nSPS) is 26.1. The fraction of sp³-hybridized carbons (Fsp3) is 0.345. The first-order valence-electron chi connectivity index (χ1n) is 12.8. The van der Waals surface area contributed by atoms with Crippen LogP contribution in [0.4, 0.5) is 18.9 Å². The first-order chi connectivity index (χ1) is 19.2. The number of hydrogen-bond acceptors (Lipinski definition) is 5. The van der Waals surface area contributed by atoms with Gasteiger partial charge in [-0.1, -0.05) is 24.3 Å². The van der Waals surface area contributed by atoms with E-state index in [0.29, 0.717) is 5.69 Å². The van der Waals surface area contributed by atoms with E-state index < -0.39 is 52.9 Å². The number of benzene rings is 2. The van der Waals surface area contributed by atoms with E-state index in [1.165, 1.54) is 48.7 Å². The monoisotopic (exact) mass is 573 g/mol. The summed E-state index contributed by atoms with van der Waals surface area (Å²) in [5, 5.41) is 13.8. The van der Waals surface area contributed by atoms with Crippen molar-refractivity contribution in [2.45, 2.75) is 36.3 Å². The number of aliphatic hydroxyl groups is 1. The highest BCUT2D eigenvalue weighted by atomic mass is 35.5. The molecule has 1 fully saturated rings. The number of carbonyl (C=O) groups is 2. The van der Waals surface area contributed by atoms with Crippen molar-refractivity contribution in [1.29, 1.82) is 0 Å². The average molecular weight is 574 g/mol. The third-order valence-corrected chi connectivity index (χ3v) is 8.29. The number of rotatable bonds is 7. The van der Waals surface area contributed by atoms with E-state index in [4.69, 9.17) is 16.3 Å². The number of amides is 2. The number of nitrogens with one attached hydrogen (secondary N) is 1. The summed E-state index contributed by atoms with van der Waals surface area (Å²) in [5.74, 6) is -4.02. The molecule has 1 aromatic heterocycles. The summed E-state index contributed by atoms with van der Waals surface area (Å²) >= 11 is 6.70. The van der Waals surface area contributed by atoms with Crippen molar-refractivity contribution in [3.63, 3.8) is 0 Å². The average Bonchev–Trinajstić information content (AvgIpc) is 3.16. The zero-order chi connectivity index (χ0) is 28.6. The molecule has 0 radical (unpaired) electrons. The SMILES string of the molecule is COc1cccc(F)c1[C@@]1(O)C(=O)N(C[C@H]2C[C@@H](C(F)F)[C@H](NC(=O)c3cccnc3)C[C@H]2Cl)c2ccccc21. The van der Waals surface area contributed by atoms with Crippen molar-refractivity contribution in [3.8, 4) is 5.75 Å². The second-order valence-electron chi connectivity index (χ2n) is 10.0. The lowest BCUT2D eigenvalue weighted by atomic mass is 9.77. The minimum Gasteiger partial charge on any atom is -0.496 e. The Bertz CT molecular complexity index is 1410. The number of fused-ring (bicyclic) bond motifs is 1. The number of methoxy groups -OCH3 is 1. The number of carbonyl (C=O) groups excluding carboxylic acids is 2. The predicted octanol–water partition coefficient (Wildman–Crippen LogP) is 4.51. The molecule has 0 saturated heterocycles. The number of pyridine rings is 1. The van der Waals surface area contributed by atoms with Crippen LogP contribution in [0.15, 0.2) is 67.0 Å². The summed E-state index contributed by atoms with van der Waals surface area (Å²) in [5.41, 5.74) is -2.01. The van der Waals surface area contributed by atoms with E-state index in [9.17, 15) is 23.5 Å². The molecule has 0 bridgehead atoms. The van der Waals surface area contributed by atoms with Crippen molar-refractivity contribution in [1.82, 2.24) is 10.3 Å². The lowest BCUT2D eigenvalue weighted by Gasteiger charge is -2.40. The minimum absolute atomic E-state index is 0.00893. The Balaban J connectivity index is 1.42. The number of halogens is 4. The zero-order valence-electron chi connectivity index (χ0n) is 21.4. The molecule has 210 valence electrons. The van der Waals surface area contributed by atoms with Crippen LogP contribution in [0.3, 0.4) is 0 Å². The van der Waals surface area contributed by atoms with Gasteiger partial charge in [0, 0.05) is 41.8 Å². The van der Waals surface area contributed by atoms with E-state index in [1.807, 2.05) is 0 Å². The molecule has 40 heavy (non-hydrogen) atoms. The highest BCUT2D eigenvalue weighted by Gasteiger charge is 2.55. The molecule has 1 aliphatic carbocycles. The van der Waals surface area contributed by atoms with Gasteiger partial charge in [0.15, 0.2) is 0 Å². The summed E-state index contributed by atoms with van der Waals surface area (Å²) in [6.45, 7) is -0.0877. The van der Waals surface area contributed by atoms with Crippen LogP contribution >= 0.6 is 11.6 Å². The molecule has 0 spiro atoms.